The Morgan fingerprint density at radius 2 is 2.07 bits per heavy atom. The second kappa shape index (κ2) is 3.12. The summed E-state index contributed by atoms with van der Waals surface area (Å²) >= 11 is 0. The van der Waals surface area contributed by atoms with Crippen LogP contribution in [0, 0.1) is 6.92 Å². The summed E-state index contributed by atoms with van der Waals surface area (Å²) in [5.41, 5.74) is 4.48. The van der Waals surface area contributed by atoms with Crippen molar-refractivity contribution < 1.29 is 4.79 Å². The largest absolute Gasteiger partial charge is 0.348 e. The maximum Gasteiger partial charge on any atom is 0.252 e. The molecule has 1 N–H and O–H groups in total. The van der Waals surface area contributed by atoms with Crippen LogP contribution in [0.3, 0.4) is 0 Å². The minimum absolute atomic E-state index is 0.0833. The fraction of sp³-hybridized carbons (Fsp3) is 0.417. The first-order chi connectivity index (χ1) is 6.61. The van der Waals surface area contributed by atoms with Crippen LogP contribution in [0.2, 0.25) is 0 Å². The minimum Gasteiger partial charge on any atom is -0.348 e. The molecule has 2 rings (SSSR count). The molecular weight excluding hydrogens is 174 g/mol. The van der Waals surface area contributed by atoms with Gasteiger partial charge in [0.25, 0.3) is 5.91 Å². The molecule has 1 heterocycles. The van der Waals surface area contributed by atoms with Crippen molar-refractivity contribution in [3.8, 4) is 0 Å². The quantitative estimate of drug-likeness (QED) is 0.722. The zero-order chi connectivity index (χ0) is 10.3. The molecule has 0 unspecified atom stereocenters. The van der Waals surface area contributed by atoms with E-state index in [4.69, 9.17) is 0 Å². The SMILES string of the molecule is Cc1ccc(C(C)C)c2c1C(=O)NC2. The Bertz CT molecular complexity index is 394. The molecule has 1 aromatic rings. The van der Waals surface area contributed by atoms with Crippen LogP contribution in [0.4, 0.5) is 0 Å². The number of rotatable bonds is 1. The van der Waals surface area contributed by atoms with Gasteiger partial charge in [0.2, 0.25) is 0 Å². The van der Waals surface area contributed by atoms with Crippen molar-refractivity contribution in [1.29, 1.82) is 0 Å². The average Bonchev–Trinajstić information content (AvgIpc) is 2.49. The first-order valence-corrected chi connectivity index (χ1v) is 5.02. The summed E-state index contributed by atoms with van der Waals surface area (Å²) in [5.74, 6) is 0.567. The lowest BCUT2D eigenvalue weighted by molar-refractivity contribution is 0.0965. The highest BCUT2D eigenvalue weighted by molar-refractivity contribution is 6.00. The summed E-state index contributed by atoms with van der Waals surface area (Å²) in [4.78, 5) is 11.6. The molecule has 0 saturated heterocycles. The highest BCUT2D eigenvalue weighted by Gasteiger charge is 2.24. The van der Waals surface area contributed by atoms with Crippen molar-refractivity contribution in [3.05, 3.63) is 34.4 Å². The lowest BCUT2D eigenvalue weighted by Gasteiger charge is -2.11. The molecule has 0 fully saturated rings. The lowest BCUT2D eigenvalue weighted by Crippen LogP contribution is -2.13. The highest BCUT2D eigenvalue weighted by atomic mass is 16.1. The molecule has 1 aromatic carbocycles. The van der Waals surface area contributed by atoms with Crippen molar-refractivity contribution in [1.82, 2.24) is 5.32 Å². The molecule has 1 aliphatic heterocycles. The third-order valence-electron chi connectivity index (χ3n) is 2.83. The smallest absolute Gasteiger partial charge is 0.252 e. The number of hydrogen-bond donors (Lipinski definition) is 1. The van der Waals surface area contributed by atoms with Gasteiger partial charge in [-0.05, 0) is 29.5 Å². The molecule has 0 bridgehead atoms. The molecule has 74 valence electrons. The third kappa shape index (κ3) is 1.22. The summed E-state index contributed by atoms with van der Waals surface area (Å²) in [5, 5.41) is 2.88. The van der Waals surface area contributed by atoms with Crippen LogP contribution in [0.5, 0.6) is 0 Å². The summed E-state index contributed by atoms with van der Waals surface area (Å²) in [6.07, 6.45) is 0. The van der Waals surface area contributed by atoms with Crippen molar-refractivity contribution in [2.75, 3.05) is 0 Å². The number of amides is 1. The number of carbonyl (C=O) groups excluding carboxylic acids is 1. The van der Waals surface area contributed by atoms with E-state index in [1.54, 1.807) is 0 Å². The molecule has 0 saturated carbocycles. The van der Waals surface area contributed by atoms with E-state index in [1.807, 2.05) is 13.0 Å². The van der Waals surface area contributed by atoms with Gasteiger partial charge in [-0.3, -0.25) is 4.79 Å². The zero-order valence-corrected chi connectivity index (χ0v) is 8.85. The summed E-state index contributed by atoms with van der Waals surface area (Å²) in [7, 11) is 0. The molecular formula is C12H15NO. The number of benzene rings is 1. The van der Waals surface area contributed by atoms with Crippen LogP contribution in [0.1, 0.15) is 46.8 Å². The Balaban J connectivity index is 2.64. The number of aryl methyl sites for hydroxylation is 1. The molecule has 1 amide bonds. The van der Waals surface area contributed by atoms with Gasteiger partial charge in [-0.2, -0.15) is 0 Å². The number of fused-ring (bicyclic) bond motifs is 1. The van der Waals surface area contributed by atoms with E-state index < -0.39 is 0 Å². The van der Waals surface area contributed by atoms with Gasteiger partial charge in [-0.25, -0.2) is 0 Å². The predicted octanol–water partition coefficient (Wildman–Crippen LogP) is 2.36. The Morgan fingerprint density at radius 3 is 2.71 bits per heavy atom. The number of nitrogens with one attached hydrogen (secondary N) is 1. The summed E-state index contributed by atoms with van der Waals surface area (Å²) in [6, 6.07) is 4.18. The van der Waals surface area contributed by atoms with E-state index >= 15 is 0 Å². The molecule has 0 radical (unpaired) electrons. The van der Waals surface area contributed by atoms with E-state index in [-0.39, 0.29) is 5.91 Å². The van der Waals surface area contributed by atoms with Gasteiger partial charge in [0.1, 0.15) is 0 Å². The minimum atomic E-state index is 0.0833. The Kier molecular flexibility index (Phi) is 2.06. The summed E-state index contributed by atoms with van der Waals surface area (Å²) in [6.45, 7) is 7.01. The van der Waals surface area contributed by atoms with E-state index in [9.17, 15) is 4.79 Å². The van der Waals surface area contributed by atoms with Gasteiger partial charge in [0.05, 0.1) is 0 Å². The molecule has 0 atom stereocenters. The van der Waals surface area contributed by atoms with Gasteiger partial charge in [0, 0.05) is 12.1 Å². The fourth-order valence-corrected chi connectivity index (χ4v) is 2.09. The van der Waals surface area contributed by atoms with Crippen LogP contribution < -0.4 is 5.32 Å². The molecule has 0 aromatic heterocycles. The molecule has 2 nitrogen and oxygen atoms in total. The average molecular weight is 189 g/mol. The van der Waals surface area contributed by atoms with Crippen LogP contribution in [0.15, 0.2) is 12.1 Å². The molecule has 0 aliphatic carbocycles. The van der Waals surface area contributed by atoms with Crippen molar-refractivity contribution in [2.24, 2.45) is 0 Å². The highest BCUT2D eigenvalue weighted by Crippen LogP contribution is 2.28. The third-order valence-corrected chi connectivity index (χ3v) is 2.83. The molecule has 1 aliphatic rings. The predicted molar refractivity (Wildman–Crippen MR) is 56.4 cm³/mol. The molecule has 14 heavy (non-hydrogen) atoms. The maximum absolute atomic E-state index is 11.6. The fourth-order valence-electron chi connectivity index (χ4n) is 2.09. The zero-order valence-electron chi connectivity index (χ0n) is 8.85. The van der Waals surface area contributed by atoms with Gasteiger partial charge < -0.3 is 5.32 Å². The van der Waals surface area contributed by atoms with E-state index in [0.717, 1.165) is 11.1 Å². The lowest BCUT2D eigenvalue weighted by atomic mass is 9.92. The molecule has 2 heteroatoms. The Hall–Kier alpha value is -1.31. The van der Waals surface area contributed by atoms with Gasteiger partial charge >= 0.3 is 0 Å². The normalized spacial score (nSPS) is 14.4. The molecule has 0 spiro atoms. The van der Waals surface area contributed by atoms with Crippen molar-refractivity contribution >= 4 is 5.91 Å². The van der Waals surface area contributed by atoms with Crippen LogP contribution in [-0.2, 0) is 6.54 Å². The van der Waals surface area contributed by atoms with Crippen LogP contribution in [-0.4, -0.2) is 5.91 Å². The Labute approximate surface area is 84.3 Å². The van der Waals surface area contributed by atoms with Gasteiger partial charge in [-0.15, -0.1) is 0 Å². The van der Waals surface area contributed by atoms with Crippen molar-refractivity contribution in [2.45, 2.75) is 33.2 Å². The Morgan fingerprint density at radius 1 is 1.36 bits per heavy atom. The van der Waals surface area contributed by atoms with E-state index in [1.165, 1.54) is 11.1 Å². The van der Waals surface area contributed by atoms with Crippen LogP contribution >= 0.6 is 0 Å². The second-order valence-electron chi connectivity index (χ2n) is 4.16. The first kappa shape index (κ1) is 9.25. The van der Waals surface area contributed by atoms with E-state index in [2.05, 4.69) is 25.2 Å². The first-order valence-electron chi connectivity index (χ1n) is 5.02. The topological polar surface area (TPSA) is 29.1 Å². The maximum atomic E-state index is 11.6. The number of carbonyl (C=O) groups is 1. The second-order valence-corrected chi connectivity index (χ2v) is 4.16. The van der Waals surface area contributed by atoms with Crippen molar-refractivity contribution in [3.63, 3.8) is 0 Å². The van der Waals surface area contributed by atoms with Crippen LogP contribution in [0.25, 0.3) is 0 Å². The van der Waals surface area contributed by atoms with Gasteiger partial charge in [0.15, 0.2) is 0 Å². The summed E-state index contributed by atoms with van der Waals surface area (Å²) < 4.78 is 0. The standard InChI is InChI=1S/C12H15NO/c1-7(2)9-5-4-8(3)11-10(9)6-13-12(11)14/h4-5,7H,6H2,1-3H3,(H,13,14). The number of hydrogen-bond acceptors (Lipinski definition) is 1. The monoisotopic (exact) mass is 189 g/mol. The van der Waals surface area contributed by atoms with E-state index in [0.29, 0.717) is 12.5 Å². The van der Waals surface area contributed by atoms with Gasteiger partial charge in [-0.1, -0.05) is 26.0 Å².